The molecule has 0 amide bonds. The molecule has 0 aliphatic heterocycles. The lowest BCUT2D eigenvalue weighted by atomic mass is 9.87. The van der Waals surface area contributed by atoms with Gasteiger partial charge in [0.15, 0.2) is 0 Å². The number of ether oxygens (including phenoxy) is 2. The Labute approximate surface area is 107 Å². The maximum Gasteiger partial charge on any atom is 0.0707 e. The Morgan fingerprint density at radius 3 is 2.06 bits per heavy atom. The molecule has 2 N–H and O–H groups in total. The molecule has 104 valence electrons. The summed E-state index contributed by atoms with van der Waals surface area (Å²) in [5, 5.41) is 0. The van der Waals surface area contributed by atoms with E-state index in [0.717, 1.165) is 19.6 Å². The Balaban J connectivity index is 3.25. The summed E-state index contributed by atoms with van der Waals surface area (Å²) in [5.74, 6) is 0. The third-order valence-electron chi connectivity index (χ3n) is 2.71. The van der Waals surface area contributed by atoms with Crippen LogP contribution in [0.4, 0.5) is 0 Å². The average molecular weight is 245 g/mol. The van der Waals surface area contributed by atoms with Crippen molar-refractivity contribution in [3.63, 3.8) is 0 Å². The van der Waals surface area contributed by atoms with Crippen LogP contribution in [-0.4, -0.2) is 32.0 Å². The van der Waals surface area contributed by atoms with Gasteiger partial charge in [0.2, 0.25) is 0 Å². The summed E-state index contributed by atoms with van der Waals surface area (Å²) in [7, 11) is 0. The van der Waals surface area contributed by atoms with Gasteiger partial charge in [-0.1, -0.05) is 20.3 Å². The second kappa shape index (κ2) is 8.06. The lowest BCUT2D eigenvalue weighted by Crippen LogP contribution is -2.23. The largest absolute Gasteiger partial charge is 0.379 e. The van der Waals surface area contributed by atoms with Crippen molar-refractivity contribution >= 4 is 0 Å². The fourth-order valence-corrected chi connectivity index (χ4v) is 1.42. The van der Waals surface area contributed by atoms with E-state index in [2.05, 4.69) is 34.6 Å². The highest BCUT2D eigenvalue weighted by atomic mass is 16.5. The SMILES string of the molecule is CC(C)(CN)CCCCOCCOC(C)(C)C. The Hall–Kier alpha value is -0.120. The number of unbranched alkanes of at least 4 members (excludes halogenated alkanes) is 1. The maximum atomic E-state index is 5.68. The van der Waals surface area contributed by atoms with Crippen LogP contribution < -0.4 is 5.73 Å². The third kappa shape index (κ3) is 12.1. The highest BCUT2D eigenvalue weighted by molar-refractivity contribution is 4.68. The van der Waals surface area contributed by atoms with E-state index in [4.69, 9.17) is 15.2 Å². The average Bonchev–Trinajstić information content (AvgIpc) is 2.20. The fourth-order valence-electron chi connectivity index (χ4n) is 1.42. The normalized spacial score (nSPS) is 13.1. The van der Waals surface area contributed by atoms with Crippen molar-refractivity contribution in [2.24, 2.45) is 11.1 Å². The van der Waals surface area contributed by atoms with Crippen molar-refractivity contribution in [3.8, 4) is 0 Å². The van der Waals surface area contributed by atoms with Gasteiger partial charge in [-0.25, -0.2) is 0 Å². The van der Waals surface area contributed by atoms with Crippen molar-refractivity contribution in [2.45, 2.75) is 59.5 Å². The Kier molecular flexibility index (Phi) is 8.01. The van der Waals surface area contributed by atoms with Gasteiger partial charge in [0.1, 0.15) is 0 Å². The molecule has 0 aromatic carbocycles. The van der Waals surface area contributed by atoms with Gasteiger partial charge in [-0.15, -0.1) is 0 Å². The van der Waals surface area contributed by atoms with Crippen LogP contribution in [0.2, 0.25) is 0 Å². The summed E-state index contributed by atoms with van der Waals surface area (Å²) in [6.45, 7) is 13.6. The molecule has 0 aromatic heterocycles. The summed E-state index contributed by atoms with van der Waals surface area (Å²) >= 11 is 0. The molecule has 0 spiro atoms. The molecule has 0 heterocycles. The van der Waals surface area contributed by atoms with E-state index in [0.29, 0.717) is 13.2 Å². The van der Waals surface area contributed by atoms with Gasteiger partial charge < -0.3 is 15.2 Å². The number of hydrogen-bond donors (Lipinski definition) is 1. The zero-order chi connectivity index (χ0) is 13.4. The predicted molar refractivity (Wildman–Crippen MR) is 73.2 cm³/mol. The van der Waals surface area contributed by atoms with E-state index >= 15 is 0 Å². The molecule has 3 nitrogen and oxygen atoms in total. The van der Waals surface area contributed by atoms with E-state index < -0.39 is 0 Å². The minimum Gasteiger partial charge on any atom is -0.379 e. The van der Waals surface area contributed by atoms with Crippen LogP contribution in [0.1, 0.15) is 53.9 Å². The summed E-state index contributed by atoms with van der Waals surface area (Å²) < 4.78 is 11.1. The van der Waals surface area contributed by atoms with Crippen LogP contribution in [0.25, 0.3) is 0 Å². The molecular formula is C14H31NO2. The Bertz CT molecular complexity index is 185. The highest BCUT2D eigenvalue weighted by Crippen LogP contribution is 2.20. The summed E-state index contributed by atoms with van der Waals surface area (Å²) in [5.41, 5.74) is 5.89. The molecule has 0 unspecified atom stereocenters. The van der Waals surface area contributed by atoms with Gasteiger partial charge in [-0.3, -0.25) is 0 Å². The minimum absolute atomic E-state index is 0.0610. The molecular weight excluding hydrogens is 214 g/mol. The molecule has 0 atom stereocenters. The van der Waals surface area contributed by atoms with Crippen LogP contribution in [0.15, 0.2) is 0 Å². The van der Waals surface area contributed by atoms with E-state index in [1.807, 2.05) is 0 Å². The van der Waals surface area contributed by atoms with E-state index in [1.54, 1.807) is 0 Å². The molecule has 0 fully saturated rings. The first-order valence-corrected chi connectivity index (χ1v) is 6.69. The van der Waals surface area contributed by atoms with E-state index in [-0.39, 0.29) is 11.0 Å². The highest BCUT2D eigenvalue weighted by Gasteiger charge is 2.14. The molecule has 0 saturated carbocycles. The molecule has 0 aromatic rings. The van der Waals surface area contributed by atoms with Gasteiger partial charge >= 0.3 is 0 Å². The molecule has 0 saturated heterocycles. The van der Waals surface area contributed by atoms with E-state index in [1.165, 1.54) is 12.8 Å². The fraction of sp³-hybridized carbons (Fsp3) is 1.00. The molecule has 0 bridgehead atoms. The summed E-state index contributed by atoms with van der Waals surface area (Å²) in [4.78, 5) is 0. The molecule has 17 heavy (non-hydrogen) atoms. The lowest BCUT2D eigenvalue weighted by molar-refractivity contribution is -0.0353. The van der Waals surface area contributed by atoms with Crippen molar-refractivity contribution < 1.29 is 9.47 Å². The zero-order valence-corrected chi connectivity index (χ0v) is 12.3. The Morgan fingerprint density at radius 2 is 1.53 bits per heavy atom. The maximum absolute atomic E-state index is 5.68. The third-order valence-corrected chi connectivity index (χ3v) is 2.71. The van der Waals surface area contributed by atoms with Crippen LogP contribution in [-0.2, 0) is 9.47 Å². The van der Waals surface area contributed by atoms with Gasteiger partial charge in [-0.2, -0.15) is 0 Å². The first-order valence-electron chi connectivity index (χ1n) is 6.69. The predicted octanol–water partition coefficient (Wildman–Crippen LogP) is 2.97. The second-order valence-corrected chi connectivity index (χ2v) is 6.40. The van der Waals surface area contributed by atoms with Gasteiger partial charge in [-0.05, 0) is 45.6 Å². The number of hydrogen-bond acceptors (Lipinski definition) is 3. The second-order valence-electron chi connectivity index (χ2n) is 6.40. The van der Waals surface area contributed by atoms with Gasteiger partial charge in [0, 0.05) is 6.61 Å². The number of nitrogens with two attached hydrogens (primary N) is 1. The first kappa shape index (κ1) is 16.9. The van der Waals surface area contributed by atoms with Crippen LogP contribution in [0, 0.1) is 5.41 Å². The van der Waals surface area contributed by atoms with Crippen molar-refractivity contribution in [3.05, 3.63) is 0 Å². The Morgan fingerprint density at radius 1 is 0.882 bits per heavy atom. The lowest BCUT2D eigenvalue weighted by Gasteiger charge is -2.22. The smallest absolute Gasteiger partial charge is 0.0707 e. The number of rotatable bonds is 9. The molecule has 0 aliphatic rings. The molecule has 0 rings (SSSR count). The molecule has 0 aliphatic carbocycles. The molecule has 0 radical (unpaired) electrons. The van der Waals surface area contributed by atoms with Crippen molar-refractivity contribution in [1.82, 2.24) is 0 Å². The van der Waals surface area contributed by atoms with Gasteiger partial charge in [0.05, 0.1) is 18.8 Å². The standard InChI is InChI=1S/C14H31NO2/c1-13(2,3)17-11-10-16-9-7-6-8-14(4,5)12-15/h6-12,15H2,1-5H3. The van der Waals surface area contributed by atoms with Crippen LogP contribution >= 0.6 is 0 Å². The van der Waals surface area contributed by atoms with Crippen LogP contribution in [0.5, 0.6) is 0 Å². The van der Waals surface area contributed by atoms with Crippen molar-refractivity contribution in [2.75, 3.05) is 26.4 Å². The first-order chi connectivity index (χ1) is 7.77. The summed E-state index contributed by atoms with van der Waals surface area (Å²) in [6.07, 6.45) is 3.47. The van der Waals surface area contributed by atoms with Gasteiger partial charge in [0.25, 0.3) is 0 Å². The minimum atomic E-state index is -0.0610. The zero-order valence-electron chi connectivity index (χ0n) is 12.3. The topological polar surface area (TPSA) is 44.5 Å². The van der Waals surface area contributed by atoms with Crippen molar-refractivity contribution in [1.29, 1.82) is 0 Å². The monoisotopic (exact) mass is 245 g/mol. The quantitative estimate of drug-likeness (QED) is 0.635. The van der Waals surface area contributed by atoms with E-state index in [9.17, 15) is 0 Å². The summed E-state index contributed by atoms with van der Waals surface area (Å²) in [6, 6.07) is 0. The molecule has 3 heteroatoms. The van der Waals surface area contributed by atoms with Crippen LogP contribution in [0.3, 0.4) is 0 Å².